The summed E-state index contributed by atoms with van der Waals surface area (Å²) in [6.07, 6.45) is 1.89. The van der Waals surface area contributed by atoms with E-state index in [0.29, 0.717) is 29.0 Å². The van der Waals surface area contributed by atoms with Gasteiger partial charge in [-0.15, -0.1) is 4.98 Å². The van der Waals surface area contributed by atoms with Crippen LogP contribution in [0.3, 0.4) is 0 Å². The molecule has 4 heterocycles. The van der Waals surface area contributed by atoms with Crippen LogP contribution in [-0.4, -0.2) is 44.6 Å². The fourth-order valence-electron chi connectivity index (χ4n) is 5.34. The van der Waals surface area contributed by atoms with Gasteiger partial charge < -0.3 is 14.3 Å². The van der Waals surface area contributed by atoms with Gasteiger partial charge in [0, 0.05) is 44.5 Å². The van der Waals surface area contributed by atoms with Gasteiger partial charge in [-0.3, -0.25) is 14.7 Å². The van der Waals surface area contributed by atoms with Gasteiger partial charge in [-0.1, -0.05) is 24.8 Å². The minimum Gasteiger partial charge on any atom is -0.362 e. The molecule has 3 aromatic heterocycles. The molecule has 0 bridgehead atoms. The van der Waals surface area contributed by atoms with Gasteiger partial charge >= 0.3 is 0 Å². The van der Waals surface area contributed by atoms with Crippen LogP contribution in [-0.2, 0) is 7.05 Å². The first kappa shape index (κ1) is 25.1. The highest BCUT2D eigenvalue weighted by atomic mass is 16.1. The molecular formula is C30H29N7O. The summed E-state index contributed by atoms with van der Waals surface area (Å²) in [5.74, 6) is 0.308. The van der Waals surface area contributed by atoms with E-state index < -0.39 is 0 Å². The summed E-state index contributed by atoms with van der Waals surface area (Å²) in [4.78, 5) is 30.5. The SMILES string of the molecule is [C-]#[N+]c1ccc2c(n1)c(N1C[C@@H](C)N(C(c3ccc(C#N)cc3)c3ccc(C)cn3)C[C@@H]1C)cc(=O)n2C. The summed E-state index contributed by atoms with van der Waals surface area (Å²) in [5.41, 5.74) is 5.79. The van der Waals surface area contributed by atoms with Crippen molar-refractivity contribution >= 4 is 22.5 Å². The summed E-state index contributed by atoms with van der Waals surface area (Å²) < 4.78 is 1.58. The van der Waals surface area contributed by atoms with E-state index in [0.717, 1.165) is 29.1 Å². The third kappa shape index (κ3) is 4.51. The fourth-order valence-corrected chi connectivity index (χ4v) is 5.34. The fraction of sp³-hybridized carbons (Fsp3) is 0.300. The van der Waals surface area contributed by atoms with E-state index in [1.165, 1.54) is 0 Å². The van der Waals surface area contributed by atoms with Gasteiger partial charge in [-0.05, 0) is 62.2 Å². The lowest BCUT2D eigenvalue weighted by molar-refractivity contribution is 0.128. The molecule has 1 fully saturated rings. The monoisotopic (exact) mass is 503 g/mol. The van der Waals surface area contributed by atoms with Crippen LogP contribution in [0, 0.1) is 24.8 Å². The molecule has 5 rings (SSSR count). The number of fused-ring (bicyclic) bond motifs is 1. The van der Waals surface area contributed by atoms with Crippen molar-refractivity contribution in [3.63, 3.8) is 0 Å². The molecule has 0 spiro atoms. The maximum atomic E-state index is 12.9. The molecule has 0 aliphatic carbocycles. The van der Waals surface area contributed by atoms with E-state index >= 15 is 0 Å². The number of nitrogens with zero attached hydrogens (tertiary/aromatic N) is 7. The smallest absolute Gasteiger partial charge is 0.270 e. The summed E-state index contributed by atoms with van der Waals surface area (Å²) in [6, 6.07) is 19.3. The molecule has 1 saturated heterocycles. The Kier molecular flexibility index (Phi) is 6.67. The van der Waals surface area contributed by atoms with Crippen LogP contribution in [0.15, 0.2) is 65.6 Å². The average Bonchev–Trinajstić information content (AvgIpc) is 2.93. The van der Waals surface area contributed by atoms with E-state index in [4.69, 9.17) is 11.6 Å². The molecule has 0 N–H and O–H groups in total. The van der Waals surface area contributed by atoms with E-state index in [9.17, 15) is 10.1 Å². The second-order valence-corrected chi connectivity index (χ2v) is 10.0. The Bertz CT molecular complexity index is 1630. The number of hydrogen-bond donors (Lipinski definition) is 0. The summed E-state index contributed by atoms with van der Waals surface area (Å²) >= 11 is 0. The molecule has 1 unspecified atom stereocenters. The van der Waals surface area contributed by atoms with Crippen molar-refractivity contribution in [1.82, 2.24) is 19.4 Å². The standard InChI is InChI=1S/C30H29N7O/c1-19-6-11-24(33-16-19)30(23-9-7-22(15-31)8-10-23)37-18-20(2)36(17-21(37)3)26-14-28(38)35(5)25-12-13-27(32-4)34-29(25)26/h6-14,16,20-21,30H,17-18H2,1-3,5H3/t20-,21+,30?/m0/s1. The lowest BCUT2D eigenvalue weighted by Crippen LogP contribution is -2.57. The van der Waals surface area contributed by atoms with Crippen LogP contribution in [0.25, 0.3) is 15.9 Å². The van der Waals surface area contributed by atoms with Crippen LogP contribution in [0.5, 0.6) is 0 Å². The Morgan fingerprint density at radius 3 is 2.50 bits per heavy atom. The van der Waals surface area contributed by atoms with Gasteiger partial charge in [0.1, 0.15) is 0 Å². The predicted molar refractivity (Wildman–Crippen MR) is 148 cm³/mol. The second-order valence-electron chi connectivity index (χ2n) is 10.0. The molecule has 8 heteroatoms. The highest BCUT2D eigenvalue weighted by Crippen LogP contribution is 2.35. The topological polar surface area (TPSA) is 82.4 Å². The normalized spacial score (nSPS) is 18.6. The third-order valence-electron chi connectivity index (χ3n) is 7.41. The van der Waals surface area contributed by atoms with E-state index in [2.05, 4.69) is 51.7 Å². The Hall–Kier alpha value is -4.53. The zero-order valence-corrected chi connectivity index (χ0v) is 22.0. The van der Waals surface area contributed by atoms with E-state index in [1.54, 1.807) is 29.8 Å². The van der Waals surface area contributed by atoms with Crippen LogP contribution >= 0.6 is 0 Å². The molecule has 0 amide bonds. The van der Waals surface area contributed by atoms with Crippen molar-refractivity contribution in [1.29, 1.82) is 5.26 Å². The maximum Gasteiger partial charge on any atom is 0.270 e. The first-order valence-corrected chi connectivity index (χ1v) is 12.6. The lowest BCUT2D eigenvalue weighted by Gasteiger charge is -2.48. The predicted octanol–water partition coefficient (Wildman–Crippen LogP) is 4.75. The number of hydrogen-bond acceptors (Lipinski definition) is 6. The van der Waals surface area contributed by atoms with Gasteiger partial charge in [0.15, 0.2) is 0 Å². The number of nitriles is 1. The molecule has 38 heavy (non-hydrogen) atoms. The Labute approximate surface area is 222 Å². The number of rotatable bonds is 4. The van der Waals surface area contributed by atoms with Gasteiger partial charge in [0.05, 0.1) is 34.6 Å². The maximum absolute atomic E-state index is 12.9. The number of aryl methyl sites for hydroxylation is 2. The number of benzene rings is 1. The second kappa shape index (κ2) is 10.1. The average molecular weight is 504 g/mol. The first-order chi connectivity index (χ1) is 18.3. The third-order valence-corrected chi connectivity index (χ3v) is 7.41. The molecule has 190 valence electrons. The summed E-state index contributed by atoms with van der Waals surface area (Å²) in [6.45, 7) is 15.2. The summed E-state index contributed by atoms with van der Waals surface area (Å²) in [5, 5.41) is 9.30. The molecule has 1 aliphatic heterocycles. The molecular weight excluding hydrogens is 474 g/mol. The molecule has 4 aromatic rings. The highest BCUT2D eigenvalue weighted by Gasteiger charge is 2.36. The zero-order valence-electron chi connectivity index (χ0n) is 22.0. The minimum absolute atomic E-state index is 0.0613. The Balaban J connectivity index is 1.55. The minimum atomic E-state index is -0.105. The van der Waals surface area contributed by atoms with Crippen molar-refractivity contribution in [2.24, 2.45) is 7.05 Å². The first-order valence-electron chi connectivity index (χ1n) is 12.6. The van der Waals surface area contributed by atoms with Crippen molar-refractivity contribution in [3.8, 4) is 6.07 Å². The Morgan fingerprint density at radius 1 is 1.08 bits per heavy atom. The van der Waals surface area contributed by atoms with E-state index in [1.807, 2.05) is 37.4 Å². The molecule has 8 nitrogen and oxygen atoms in total. The van der Waals surface area contributed by atoms with Crippen molar-refractivity contribution in [2.45, 2.75) is 38.9 Å². The van der Waals surface area contributed by atoms with Gasteiger partial charge in [-0.25, -0.2) is 0 Å². The summed E-state index contributed by atoms with van der Waals surface area (Å²) in [7, 11) is 1.73. The van der Waals surface area contributed by atoms with Crippen molar-refractivity contribution in [3.05, 3.63) is 105 Å². The van der Waals surface area contributed by atoms with Gasteiger partial charge in [-0.2, -0.15) is 5.26 Å². The molecule has 1 aliphatic rings. The van der Waals surface area contributed by atoms with Crippen molar-refractivity contribution in [2.75, 3.05) is 18.0 Å². The van der Waals surface area contributed by atoms with E-state index in [-0.39, 0.29) is 23.7 Å². The zero-order chi connectivity index (χ0) is 27.0. The molecule has 3 atom stereocenters. The molecule has 1 aromatic carbocycles. The van der Waals surface area contributed by atoms with Crippen molar-refractivity contribution < 1.29 is 0 Å². The van der Waals surface area contributed by atoms with Crippen LogP contribution in [0.1, 0.15) is 42.3 Å². The van der Waals surface area contributed by atoms with Gasteiger partial charge in [0.2, 0.25) is 5.52 Å². The lowest BCUT2D eigenvalue weighted by atomic mass is 9.95. The quantitative estimate of drug-likeness (QED) is 0.374. The largest absolute Gasteiger partial charge is 0.362 e. The number of piperazine rings is 1. The highest BCUT2D eigenvalue weighted by molar-refractivity contribution is 5.89. The number of anilines is 1. The molecule has 0 saturated carbocycles. The van der Waals surface area contributed by atoms with Gasteiger partial charge in [0.25, 0.3) is 11.4 Å². The molecule has 0 radical (unpaired) electrons. The van der Waals surface area contributed by atoms with Crippen LogP contribution in [0.4, 0.5) is 11.5 Å². The number of pyridine rings is 3. The van der Waals surface area contributed by atoms with Crippen LogP contribution < -0.4 is 10.5 Å². The number of aromatic nitrogens is 3. The van der Waals surface area contributed by atoms with Crippen LogP contribution in [0.2, 0.25) is 0 Å². The Morgan fingerprint density at radius 2 is 1.84 bits per heavy atom.